The first kappa shape index (κ1) is 13.2. The Balaban J connectivity index is 2.07. The summed E-state index contributed by atoms with van der Waals surface area (Å²) in [6.45, 7) is 4.86. The normalized spacial score (nSPS) is 13.0. The molecule has 0 bridgehead atoms. The Morgan fingerprint density at radius 3 is 2.95 bits per heavy atom. The lowest BCUT2D eigenvalue weighted by Crippen LogP contribution is -2.11. The molecule has 104 valence electrons. The number of halogens is 1. The monoisotopic (exact) mass is 289 g/mol. The Labute approximate surface area is 122 Å². The number of nitrogens with zero attached hydrogens (tertiary/aromatic N) is 2. The van der Waals surface area contributed by atoms with Crippen LogP contribution in [-0.4, -0.2) is 9.78 Å². The van der Waals surface area contributed by atoms with Crippen molar-refractivity contribution in [2.24, 2.45) is 5.73 Å². The van der Waals surface area contributed by atoms with Gasteiger partial charge in [0, 0.05) is 34.3 Å². The predicted octanol–water partition coefficient (Wildman–Crippen LogP) is 3.66. The Bertz CT molecular complexity index is 760. The second kappa shape index (κ2) is 4.96. The number of fused-ring (bicyclic) bond motifs is 1. The standard InChI is InChI=1S/C15H16ClN3O/c1-3-19-8-10(7-18-19)14(17)15-9(2)12-6-11(16)4-5-13(12)20-15/h4-8,14H,3,17H2,1-2H3. The Hall–Kier alpha value is -1.78. The summed E-state index contributed by atoms with van der Waals surface area (Å²) in [7, 11) is 0. The Kier molecular flexibility index (Phi) is 3.28. The van der Waals surface area contributed by atoms with E-state index in [9.17, 15) is 0 Å². The van der Waals surface area contributed by atoms with Gasteiger partial charge in [0.1, 0.15) is 11.3 Å². The average Bonchev–Trinajstić information content (AvgIpc) is 3.04. The van der Waals surface area contributed by atoms with Crippen LogP contribution in [0.2, 0.25) is 5.02 Å². The SMILES string of the molecule is CCn1cc(C(N)c2oc3ccc(Cl)cc3c2C)cn1. The zero-order valence-electron chi connectivity index (χ0n) is 11.4. The first-order valence-electron chi connectivity index (χ1n) is 6.56. The van der Waals surface area contributed by atoms with Crippen molar-refractivity contribution in [2.45, 2.75) is 26.4 Å². The maximum Gasteiger partial charge on any atom is 0.134 e. The number of aromatic nitrogens is 2. The quantitative estimate of drug-likeness (QED) is 0.800. The van der Waals surface area contributed by atoms with Gasteiger partial charge in [-0.25, -0.2) is 0 Å². The molecular weight excluding hydrogens is 274 g/mol. The molecule has 0 aliphatic carbocycles. The van der Waals surface area contributed by atoms with Crippen molar-refractivity contribution in [1.29, 1.82) is 0 Å². The number of hydrogen-bond donors (Lipinski definition) is 1. The summed E-state index contributed by atoms with van der Waals surface area (Å²) in [5.74, 6) is 0.762. The molecule has 1 aromatic carbocycles. The minimum atomic E-state index is -0.318. The van der Waals surface area contributed by atoms with E-state index in [0.717, 1.165) is 34.4 Å². The largest absolute Gasteiger partial charge is 0.459 e. The summed E-state index contributed by atoms with van der Waals surface area (Å²) >= 11 is 6.03. The molecule has 0 radical (unpaired) electrons. The fourth-order valence-electron chi connectivity index (χ4n) is 2.37. The maximum absolute atomic E-state index is 6.31. The molecule has 0 spiro atoms. The zero-order chi connectivity index (χ0) is 14.3. The fraction of sp³-hybridized carbons (Fsp3) is 0.267. The van der Waals surface area contributed by atoms with Gasteiger partial charge in [-0.3, -0.25) is 4.68 Å². The van der Waals surface area contributed by atoms with Gasteiger partial charge in [-0.15, -0.1) is 0 Å². The molecule has 1 atom stereocenters. The van der Waals surface area contributed by atoms with E-state index in [1.807, 2.05) is 42.9 Å². The summed E-state index contributed by atoms with van der Waals surface area (Å²) in [6, 6.07) is 5.27. The summed E-state index contributed by atoms with van der Waals surface area (Å²) in [6.07, 6.45) is 3.73. The Morgan fingerprint density at radius 1 is 1.45 bits per heavy atom. The van der Waals surface area contributed by atoms with Gasteiger partial charge in [-0.05, 0) is 32.0 Å². The molecule has 0 aliphatic rings. The maximum atomic E-state index is 6.31. The van der Waals surface area contributed by atoms with E-state index in [2.05, 4.69) is 5.10 Å². The minimum absolute atomic E-state index is 0.318. The molecular formula is C15H16ClN3O. The summed E-state index contributed by atoms with van der Waals surface area (Å²) in [5, 5.41) is 5.95. The predicted molar refractivity (Wildman–Crippen MR) is 79.9 cm³/mol. The molecule has 0 aliphatic heterocycles. The number of benzene rings is 1. The average molecular weight is 290 g/mol. The highest BCUT2D eigenvalue weighted by Gasteiger charge is 2.20. The highest BCUT2D eigenvalue weighted by Crippen LogP contribution is 2.32. The third-order valence-electron chi connectivity index (χ3n) is 3.55. The molecule has 3 aromatic rings. The second-order valence-corrected chi connectivity index (χ2v) is 5.28. The van der Waals surface area contributed by atoms with Crippen LogP contribution in [-0.2, 0) is 6.54 Å². The molecule has 2 heterocycles. The summed E-state index contributed by atoms with van der Waals surface area (Å²) < 4.78 is 7.74. The first-order valence-corrected chi connectivity index (χ1v) is 6.94. The van der Waals surface area contributed by atoms with Crippen LogP contribution in [0.15, 0.2) is 35.0 Å². The molecule has 4 nitrogen and oxygen atoms in total. The number of hydrogen-bond acceptors (Lipinski definition) is 3. The molecule has 0 saturated heterocycles. The van der Waals surface area contributed by atoms with Crippen molar-refractivity contribution in [3.05, 3.63) is 52.5 Å². The lowest BCUT2D eigenvalue weighted by atomic mass is 10.0. The van der Waals surface area contributed by atoms with Crippen LogP contribution < -0.4 is 5.73 Å². The van der Waals surface area contributed by atoms with Gasteiger partial charge >= 0.3 is 0 Å². The highest BCUT2D eigenvalue weighted by atomic mass is 35.5. The van der Waals surface area contributed by atoms with Crippen LogP contribution in [0.1, 0.15) is 29.9 Å². The highest BCUT2D eigenvalue weighted by molar-refractivity contribution is 6.31. The van der Waals surface area contributed by atoms with Gasteiger partial charge in [-0.1, -0.05) is 11.6 Å². The van der Waals surface area contributed by atoms with E-state index in [1.54, 1.807) is 6.20 Å². The minimum Gasteiger partial charge on any atom is -0.459 e. The van der Waals surface area contributed by atoms with Gasteiger partial charge in [0.25, 0.3) is 0 Å². The molecule has 0 amide bonds. The van der Waals surface area contributed by atoms with Crippen molar-refractivity contribution in [3.63, 3.8) is 0 Å². The van der Waals surface area contributed by atoms with Crippen LogP contribution in [0.4, 0.5) is 0 Å². The van der Waals surface area contributed by atoms with Crippen LogP contribution in [0, 0.1) is 6.92 Å². The van der Waals surface area contributed by atoms with E-state index in [0.29, 0.717) is 5.02 Å². The fourth-order valence-corrected chi connectivity index (χ4v) is 2.55. The lowest BCUT2D eigenvalue weighted by Gasteiger charge is -2.07. The van der Waals surface area contributed by atoms with Crippen molar-refractivity contribution in [1.82, 2.24) is 9.78 Å². The van der Waals surface area contributed by atoms with E-state index >= 15 is 0 Å². The van der Waals surface area contributed by atoms with Crippen LogP contribution in [0.5, 0.6) is 0 Å². The van der Waals surface area contributed by atoms with Gasteiger partial charge < -0.3 is 10.2 Å². The van der Waals surface area contributed by atoms with Crippen molar-refractivity contribution < 1.29 is 4.42 Å². The van der Waals surface area contributed by atoms with E-state index in [4.69, 9.17) is 21.8 Å². The number of furan rings is 1. The third-order valence-corrected chi connectivity index (χ3v) is 3.79. The summed E-state index contributed by atoms with van der Waals surface area (Å²) in [5.41, 5.74) is 9.08. The topological polar surface area (TPSA) is 57.0 Å². The number of nitrogens with two attached hydrogens (primary N) is 1. The molecule has 20 heavy (non-hydrogen) atoms. The first-order chi connectivity index (χ1) is 9.60. The number of aryl methyl sites for hydroxylation is 2. The molecule has 0 fully saturated rings. The van der Waals surface area contributed by atoms with Gasteiger partial charge in [0.05, 0.1) is 12.2 Å². The van der Waals surface area contributed by atoms with Crippen LogP contribution >= 0.6 is 11.6 Å². The molecule has 3 rings (SSSR count). The molecule has 2 aromatic heterocycles. The molecule has 2 N–H and O–H groups in total. The summed E-state index contributed by atoms with van der Waals surface area (Å²) in [4.78, 5) is 0. The van der Waals surface area contributed by atoms with Crippen LogP contribution in [0.25, 0.3) is 11.0 Å². The van der Waals surface area contributed by atoms with Gasteiger partial charge in [-0.2, -0.15) is 5.10 Å². The molecule has 5 heteroatoms. The molecule has 0 saturated carbocycles. The van der Waals surface area contributed by atoms with Crippen molar-refractivity contribution >= 4 is 22.6 Å². The van der Waals surface area contributed by atoms with Gasteiger partial charge in [0.15, 0.2) is 0 Å². The van der Waals surface area contributed by atoms with E-state index < -0.39 is 0 Å². The number of rotatable bonds is 3. The van der Waals surface area contributed by atoms with E-state index in [1.165, 1.54) is 0 Å². The van der Waals surface area contributed by atoms with E-state index in [-0.39, 0.29) is 6.04 Å². The Morgan fingerprint density at radius 2 is 2.25 bits per heavy atom. The smallest absolute Gasteiger partial charge is 0.134 e. The lowest BCUT2D eigenvalue weighted by molar-refractivity contribution is 0.521. The third kappa shape index (κ3) is 2.11. The molecule has 1 unspecified atom stereocenters. The zero-order valence-corrected chi connectivity index (χ0v) is 12.2. The van der Waals surface area contributed by atoms with Crippen molar-refractivity contribution in [3.8, 4) is 0 Å². The van der Waals surface area contributed by atoms with Crippen molar-refractivity contribution in [2.75, 3.05) is 0 Å². The second-order valence-electron chi connectivity index (χ2n) is 4.84. The van der Waals surface area contributed by atoms with Gasteiger partial charge in [0.2, 0.25) is 0 Å². The van der Waals surface area contributed by atoms with Crippen LogP contribution in [0.3, 0.4) is 0 Å².